The number of rotatable bonds is 6. The minimum Gasteiger partial charge on any atom is -0.497 e. The lowest BCUT2D eigenvalue weighted by molar-refractivity contribution is -0.131. The summed E-state index contributed by atoms with van der Waals surface area (Å²) in [5.74, 6) is -0.141. The zero-order valence-electron chi connectivity index (χ0n) is 16.9. The molecule has 9 heteroatoms. The van der Waals surface area contributed by atoms with Gasteiger partial charge in [-0.25, -0.2) is 4.39 Å². The van der Waals surface area contributed by atoms with Gasteiger partial charge in [0.2, 0.25) is 10.9 Å². The predicted octanol–water partition coefficient (Wildman–Crippen LogP) is 3.84. The Kier molecular flexibility index (Phi) is 6.22. The van der Waals surface area contributed by atoms with Crippen molar-refractivity contribution in [3.63, 3.8) is 0 Å². The van der Waals surface area contributed by atoms with E-state index in [1.54, 1.807) is 18.1 Å². The number of carbonyl (C=O) groups is 2. The van der Waals surface area contributed by atoms with Crippen molar-refractivity contribution in [1.82, 2.24) is 15.1 Å². The summed E-state index contributed by atoms with van der Waals surface area (Å²) < 4.78 is 18.5. The minimum atomic E-state index is -0.455. The van der Waals surface area contributed by atoms with Crippen LogP contribution in [0.1, 0.15) is 39.3 Å². The zero-order valence-corrected chi connectivity index (χ0v) is 17.7. The van der Waals surface area contributed by atoms with Gasteiger partial charge in [-0.15, -0.1) is 10.2 Å². The van der Waals surface area contributed by atoms with Crippen LogP contribution in [0.4, 0.5) is 10.1 Å². The number of benzene rings is 2. The lowest BCUT2D eigenvalue weighted by Crippen LogP contribution is -2.31. The number of ether oxygens (including phenoxy) is 1. The van der Waals surface area contributed by atoms with Gasteiger partial charge in [-0.1, -0.05) is 29.5 Å². The molecule has 0 saturated carbocycles. The Balaban J connectivity index is 1.43. The van der Waals surface area contributed by atoms with Crippen LogP contribution in [0.25, 0.3) is 0 Å². The van der Waals surface area contributed by atoms with E-state index in [0.29, 0.717) is 17.2 Å². The van der Waals surface area contributed by atoms with E-state index in [-0.39, 0.29) is 23.4 Å². The minimum absolute atomic E-state index is 0.00799. The number of amides is 2. The molecule has 160 valence electrons. The van der Waals surface area contributed by atoms with Gasteiger partial charge in [0.15, 0.2) is 0 Å². The van der Waals surface area contributed by atoms with Crippen LogP contribution in [0, 0.1) is 5.82 Å². The molecule has 2 amide bonds. The molecule has 7 nitrogen and oxygen atoms in total. The lowest BCUT2D eigenvalue weighted by Gasteiger charge is -2.22. The molecular formula is C22H21FN4O3S. The van der Waals surface area contributed by atoms with Gasteiger partial charge >= 0.3 is 0 Å². The molecule has 1 aromatic heterocycles. The standard InChI is InChI=1S/C22H21FN4O3S/c1-30-17-9-7-14(8-10-17)12-19(28)27-11-3-6-18(27)21-25-26-22(31-21)20(29)24-16-5-2-4-15(23)13-16/h2,4-5,7-10,13,18H,3,6,11-12H2,1H3,(H,24,29)/t18-/m1/s1. The van der Waals surface area contributed by atoms with E-state index in [1.165, 1.54) is 18.2 Å². The first-order valence-electron chi connectivity index (χ1n) is 9.86. The summed E-state index contributed by atoms with van der Waals surface area (Å²) in [6.07, 6.45) is 1.92. The fourth-order valence-corrected chi connectivity index (χ4v) is 4.44. The summed E-state index contributed by atoms with van der Waals surface area (Å²) >= 11 is 1.16. The van der Waals surface area contributed by atoms with Crippen LogP contribution in [0.5, 0.6) is 5.75 Å². The van der Waals surface area contributed by atoms with Crippen molar-refractivity contribution in [2.45, 2.75) is 25.3 Å². The largest absolute Gasteiger partial charge is 0.497 e. The lowest BCUT2D eigenvalue weighted by atomic mass is 10.1. The van der Waals surface area contributed by atoms with E-state index >= 15 is 0 Å². The van der Waals surface area contributed by atoms with Gasteiger partial charge in [-0.3, -0.25) is 9.59 Å². The fourth-order valence-electron chi connectivity index (χ4n) is 3.55. The van der Waals surface area contributed by atoms with Gasteiger partial charge in [0.05, 0.1) is 19.6 Å². The smallest absolute Gasteiger partial charge is 0.286 e. The van der Waals surface area contributed by atoms with Crippen molar-refractivity contribution < 1.29 is 18.7 Å². The summed E-state index contributed by atoms with van der Waals surface area (Å²) in [7, 11) is 1.60. The molecule has 1 aliphatic heterocycles. The Bertz CT molecular complexity index is 1090. The highest BCUT2D eigenvalue weighted by atomic mass is 32.1. The second-order valence-corrected chi connectivity index (χ2v) is 8.19. The Labute approximate surface area is 182 Å². The quantitative estimate of drug-likeness (QED) is 0.630. The van der Waals surface area contributed by atoms with Gasteiger partial charge in [0.25, 0.3) is 5.91 Å². The number of nitrogens with one attached hydrogen (secondary N) is 1. The third-order valence-corrected chi connectivity index (χ3v) is 6.11. The van der Waals surface area contributed by atoms with E-state index in [0.717, 1.165) is 35.5 Å². The average Bonchev–Trinajstić information content (AvgIpc) is 3.44. The van der Waals surface area contributed by atoms with Gasteiger partial charge in [0.1, 0.15) is 16.6 Å². The van der Waals surface area contributed by atoms with Crippen molar-refractivity contribution >= 4 is 28.8 Å². The molecule has 0 unspecified atom stereocenters. The topological polar surface area (TPSA) is 84.4 Å². The van der Waals surface area contributed by atoms with Crippen molar-refractivity contribution in [3.8, 4) is 5.75 Å². The molecule has 4 rings (SSSR count). The van der Waals surface area contributed by atoms with Gasteiger partial charge < -0.3 is 15.0 Å². The molecule has 31 heavy (non-hydrogen) atoms. The number of aromatic nitrogens is 2. The number of hydrogen-bond donors (Lipinski definition) is 1. The van der Waals surface area contributed by atoms with E-state index in [1.807, 2.05) is 24.3 Å². The normalized spacial score (nSPS) is 15.7. The molecule has 0 aliphatic carbocycles. The zero-order chi connectivity index (χ0) is 21.8. The first kappa shape index (κ1) is 20.9. The summed E-state index contributed by atoms with van der Waals surface area (Å²) in [5, 5.41) is 11.6. The summed E-state index contributed by atoms with van der Waals surface area (Å²) in [5.41, 5.74) is 1.25. The van der Waals surface area contributed by atoms with Gasteiger partial charge in [0, 0.05) is 12.2 Å². The Morgan fingerprint density at radius 1 is 1.23 bits per heavy atom. The molecule has 2 aromatic carbocycles. The maximum absolute atomic E-state index is 13.3. The summed E-state index contributed by atoms with van der Waals surface area (Å²) in [6.45, 7) is 0.643. The van der Waals surface area contributed by atoms with Crippen LogP contribution in [0.3, 0.4) is 0 Å². The highest BCUT2D eigenvalue weighted by Crippen LogP contribution is 2.34. The predicted molar refractivity (Wildman–Crippen MR) is 115 cm³/mol. The number of nitrogens with zero attached hydrogens (tertiary/aromatic N) is 3. The van der Waals surface area contributed by atoms with E-state index in [2.05, 4.69) is 15.5 Å². The van der Waals surface area contributed by atoms with Crippen LogP contribution in [0.15, 0.2) is 48.5 Å². The Morgan fingerprint density at radius 2 is 2.03 bits per heavy atom. The monoisotopic (exact) mass is 440 g/mol. The second kappa shape index (κ2) is 9.22. The first-order chi connectivity index (χ1) is 15.0. The third kappa shape index (κ3) is 4.88. The molecule has 0 bridgehead atoms. The highest BCUT2D eigenvalue weighted by Gasteiger charge is 2.33. The van der Waals surface area contributed by atoms with Crippen molar-refractivity contribution in [2.75, 3.05) is 19.0 Å². The molecule has 1 N–H and O–H groups in total. The van der Waals surface area contributed by atoms with Crippen LogP contribution >= 0.6 is 11.3 Å². The SMILES string of the molecule is COc1ccc(CC(=O)N2CCC[C@@H]2c2nnc(C(=O)Nc3cccc(F)c3)s2)cc1. The summed E-state index contributed by atoms with van der Waals surface area (Å²) in [6, 6.07) is 12.9. The number of halogens is 1. The molecular weight excluding hydrogens is 419 g/mol. The Hall–Kier alpha value is -3.33. The number of hydrogen-bond acceptors (Lipinski definition) is 6. The first-order valence-corrected chi connectivity index (χ1v) is 10.7. The molecule has 1 atom stereocenters. The van der Waals surface area contributed by atoms with E-state index < -0.39 is 11.7 Å². The van der Waals surface area contributed by atoms with Crippen LogP contribution in [-0.2, 0) is 11.2 Å². The van der Waals surface area contributed by atoms with E-state index in [9.17, 15) is 14.0 Å². The molecule has 3 aromatic rings. The molecule has 1 aliphatic rings. The fraction of sp³-hybridized carbons (Fsp3) is 0.273. The van der Waals surface area contributed by atoms with Gasteiger partial charge in [-0.2, -0.15) is 0 Å². The Morgan fingerprint density at radius 3 is 2.77 bits per heavy atom. The van der Waals surface area contributed by atoms with Crippen molar-refractivity contribution in [1.29, 1.82) is 0 Å². The average molecular weight is 441 g/mol. The number of carbonyl (C=O) groups excluding carboxylic acids is 2. The summed E-state index contributed by atoms with van der Waals surface area (Å²) in [4.78, 5) is 27.2. The van der Waals surface area contributed by atoms with Crippen LogP contribution in [0.2, 0.25) is 0 Å². The molecule has 1 saturated heterocycles. The van der Waals surface area contributed by atoms with Crippen LogP contribution < -0.4 is 10.1 Å². The second-order valence-electron chi connectivity index (χ2n) is 7.18. The van der Waals surface area contributed by atoms with Crippen molar-refractivity contribution in [2.24, 2.45) is 0 Å². The maximum atomic E-state index is 13.3. The third-order valence-electron chi connectivity index (χ3n) is 5.09. The molecule has 0 radical (unpaired) electrons. The molecule has 2 heterocycles. The molecule has 1 fully saturated rings. The van der Waals surface area contributed by atoms with Crippen molar-refractivity contribution in [3.05, 3.63) is 69.9 Å². The highest BCUT2D eigenvalue weighted by molar-refractivity contribution is 7.13. The number of likely N-dealkylation sites (tertiary alicyclic amines) is 1. The number of methoxy groups -OCH3 is 1. The molecule has 0 spiro atoms. The number of anilines is 1. The van der Waals surface area contributed by atoms with E-state index in [4.69, 9.17) is 4.74 Å². The van der Waals surface area contributed by atoms with Gasteiger partial charge in [-0.05, 0) is 48.7 Å². The van der Waals surface area contributed by atoms with Crippen LogP contribution in [-0.4, -0.2) is 40.6 Å². The maximum Gasteiger partial charge on any atom is 0.286 e.